The number of nitrogens with two attached hydrogens (primary N) is 1. The molecule has 0 aliphatic heterocycles. The fraction of sp³-hybridized carbons (Fsp3) is 0.455. The Morgan fingerprint density at radius 1 is 1.56 bits per heavy atom. The van der Waals surface area contributed by atoms with Crippen LogP contribution in [0, 0.1) is 0 Å². The van der Waals surface area contributed by atoms with Crippen LogP contribution in [0.5, 0.6) is 0 Å². The number of carbonyl (C=O) groups is 1. The zero-order valence-corrected chi connectivity index (χ0v) is 9.73. The molecule has 0 bridgehead atoms. The van der Waals surface area contributed by atoms with E-state index in [1.54, 1.807) is 6.07 Å². The number of amides is 1. The molecule has 0 unspecified atom stereocenters. The van der Waals surface area contributed by atoms with Gasteiger partial charge in [-0.3, -0.25) is 10.2 Å². The average Bonchev–Trinajstić information content (AvgIpc) is 2.28. The van der Waals surface area contributed by atoms with Gasteiger partial charge in [-0.05, 0) is 32.1 Å². The molecule has 3 N–H and O–H groups in total. The number of hydrazine groups is 1. The van der Waals surface area contributed by atoms with E-state index in [4.69, 9.17) is 5.84 Å². The zero-order chi connectivity index (χ0) is 12.0. The maximum atomic E-state index is 11.3. The van der Waals surface area contributed by atoms with E-state index < -0.39 is 0 Å². The van der Waals surface area contributed by atoms with Gasteiger partial charge in [0.15, 0.2) is 0 Å². The van der Waals surface area contributed by atoms with Crippen LogP contribution in [0.15, 0.2) is 18.2 Å². The lowest BCUT2D eigenvalue weighted by Crippen LogP contribution is -2.31. The van der Waals surface area contributed by atoms with Gasteiger partial charge < -0.3 is 4.90 Å². The minimum Gasteiger partial charge on any atom is -0.301 e. The monoisotopic (exact) mass is 222 g/mol. The molecule has 0 aliphatic carbocycles. The maximum Gasteiger partial charge on any atom is 0.283 e. The van der Waals surface area contributed by atoms with Gasteiger partial charge in [-0.2, -0.15) is 0 Å². The molecule has 1 amide bonds. The van der Waals surface area contributed by atoms with Crippen LogP contribution in [0.3, 0.4) is 0 Å². The summed E-state index contributed by atoms with van der Waals surface area (Å²) in [5.74, 6) is 4.69. The van der Waals surface area contributed by atoms with Crippen molar-refractivity contribution in [1.29, 1.82) is 0 Å². The number of nitrogens with one attached hydrogen (secondary N) is 1. The number of carbonyl (C=O) groups excluding carboxylic acids is 1. The lowest BCUT2D eigenvalue weighted by Gasteiger charge is -2.14. The van der Waals surface area contributed by atoms with Crippen LogP contribution in [0.1, 0.15) is 29.5 Å². The Kier molecular flexibility index (Phi) is 4.88. The quantitative estimate of drug-likeness (QED) is 0.433. The first-order chi connectivity index (χ1) is 7.67. The molecule has 88 valence electrons. The Labute approximate surface area is 95.6 Å². The Hall–Kier alpha value is -1.46. The van der Waals surface area contributed by atoms with Crippen LogP contribution in [0.25, 0.3) is 0 Å². The van der Waals surface area contributed by atoms with Crippen molar-refractivity contribution in [3.05, 3.63) is 29.6 Å². The molecule has 16 heavy (non-hydrogen) atoms. The van der Waals surface area contributed by atoms with Crippen LogP contribution in [-0.2, 0) is 6.54 Å². The number of hydrogen-bond acceptors (Lipinski definition) is 4. The summed E-state index contributed by atoms with van der Waals surface area (Å²) >= 11 is 0. The highest BCUT2D eigenvalue weighted by Gasteiger charge is 2.06. The molecule has 0 atom stereocenters. The van der Waals surface area contributed by atoms with E-state index >= 15 is 0 Å². The molecule has 0 aromatic carbocycles. The van der Waals surface area contributed by atoms with E-state index in [9.17, 15) is 4.79 Å². The molecule has 0 saturated carbocycles. The van der Waals surface area contributed by atoms with Crippen LogP contribution < -0.4 is 11.3 Å². The summed E-state index contributed by atoms with van der Waals surface area (Å²) in [6.45, 7) is 3.87. The van der Waals surface area contributed by atoms with Gasteiger partial charge in [-0.1, -0.05) is 13.0 Å². The van der Waals surface area contributed by atoms with Crippen LogP contribution in [0.4, 0.5) is 0 Å². The van der Waals surface area contributed by atoms with Crippen LogP contribution >= 0.6 is 0 Å². The number of rotatable bonds is 5. The summed E-state index contributed by atoms with van der Waals surface area (Å²) in [4.78, 5) is 17.7. The summed E-state index contributed by atoms with van der Waals surface area (Å²) in [5.41, 5.74) is 3.30. The lowest BCUT2D eigenvalue weighted by molar-refractivity contribution is 0.0948. The fourth-order valence-electron chi connectivity index (χ4n) is 1.51. The molecule has 5 nitrogen and oxygen atoms in total. The highest BCUT2D eigenvalue weighted by Crippen LogP contribution is 2.03. The van der Waals surface area contributed by atoms with E-state index in [1.807, 2.05) is 19.2 Å². The third-order valence-corrected chi connectivity index (χ3v) is 2.21. The average molecular weight is 222 g/mol. The van der Waals surface area contributed by atoms with E-state index in [0.717, 1.165) is 25.2 Å². The molecular formula is C11H18N4O. The predicted molar refractivity (Wildman–Crippen MR) is 62.5 cm³/mol. The van der Waals surface area contributed by atoms with Crippen molar-refractivity contribution in [2.45, 2.75) is 19.9 Å². The molecule has 0 spiro atoms. The molecular weight excluding hydrogens is 204 g/mol. The van der Waals surface area contributed by atoms with E-state index in [2.05, 4.69) is 22.2 Å². The SMILES string of the molecule is CCCN(C)Cc1cccc(C(=O)NN)n1. The number of pyridine rings is 1. The lowest BCUT2D eigenvalue weighted by atomic mass is 10.2. The predicted octanol–water partition coefficient (Wildman–Crippen LogP) is 0.527. The third-order valence-electron chi connectivity index (χ3n) is 2.21. The van der Waals surface area contributed by atoms with Gasteiger partial charge in [0, 0.05) is 6.54 Å². The molecule has 0 radical (unpaired) electrons. The largest absolute Gasteiger partial charge is 0.301 e. The summed E-state index contributed by atoms with van der Waals surface area (Å²) in [5, 5.41) is 0. The van der Waals surface area contributed by atoms with Crippen molar-refractivity contribution in [2.24, 2.45) is 5.84 Å². The third kappa shape index (κ3) is 3.60. The second-order valence-corrected chi connectivity index (χ2v) is 3.73. The van der Waals surface area contributed by atoms with Gasteiger partial charge in [0.05, 0.1) is 5.69 Å². The second kappa shape index (κ2) is 6.19. The minimum atomic E-state index is -0.361. The maximum absolute atomic E-state index is 11.3. The summed E-state index contributed by atoms with van der Waals surface area (Å²) < 4.78 is 0. The van der Waals surface area contributed by atoms with Crippen molar-refractivity contribution in [2.75, 3.05) is 13.6 Å². The first-order valence-electron chi connectivity index (χ1n) is 5.32. The number of nitrogen functional groups attached to an aromatic ring is 1. The second-order valence-electron chi connectivity index (χ2n) is 3.73. The molecule has 1 aromatic rings. The first-order valence-corrected chi connectivity index (χ1v) is 5.32. The van der Waals surface area contributed by atoms with Crippen molar-refractivity contribution >= 4 is 5.91 Å². The van der Waals surface area contributed by atoms with Gasteiger partial charge in [-0.25, -0.2) is 10.8 Å². The minimum absolute atomic E-state index is 0.352. The molecule has 1 heterocycles. The van der Waals surface area contributed by atoms with Gasteiger partial charge in [-0.15, -0.1) is 0 Å². The highest BCUT2D eigenvalue weighted by molar-refractivity contribution is 5.91. The topological polar surface area (TPSA) is 71.2 Å². The smallest absolute Gasteiger partial charge is 0.283 e. The molecule has 0 fully saturated rings. The molecule has 0 aliphatic rings. The normalized spacial score (nSPS) is 10.5. The molecule has 0 saturated heterocycles. The van der Waals surface area contributed by atoms with Gasteiger partial charge in [0.2, 0.25) is 0 Å². The van der Waals surface area contributed by atoms with E-state index in [1.165, 1.54) is 0 Å². The summed E-state index contributed by atoms with van der Waals surface area (Å²) in [6.07, 6.45) is 1.10. The Bertz CT molecular complexity index is 354. The number of hydrogen-bond donors (Lipinski definition) is 2. The van der Waals surface area contributed by atoms with Gasteiger partial charge >= 0.3 is 0 Å². The van der Waals surface area contributed by atoms with Crippen molar-refractivity contribution in [3.8, 4) is 0 Å². The first kappa shape index (κ1) is 12.6. The fourth-order valence-corrected chi connectivity index (χ4v) is 1.51. The van der Waals surface area contributed by atoms with Crippen molar-refractivity contribution in [1.82, 2.24) is 15.3 Å². The summed E-state index contributed by atoms with van der Waals surface area (Å²) in [7, 11) is 2.03. The Balaban J connectivity index is 2.70. The Morgan fingerprint density at radius 3 is 2.94 bits per heavy atom. The zero-order valence-electron chi connectivity index (χ0n) is 9.73. The molecule has 1 aromatic heterocycles. The van der Waals surface area contributed by atoms with Gasteiger partial charge in [0.25, 0.3) is 5.91 Å². The standard InChI is InChI=1S/C11H18N4O/c1-3-7-15(2)8-9-5-4-6-10(13-9)11(16)14-12/h4-6H,3,7-8,12H2,1-2H3,(H,14,16). The van der Waals surface area contributed by atoms with Crippen molar-refractivity contribution < 1.29 is 4.79 Å². The van der Waals surface area contributed by atoms with Crippen LogP contribution in [0.2, 0.25) is 0 Å². The van der Waals surface area contributed by atoms with Gasteiger partial charge in [0.1, 0.15) is 5.69 Å². The molecule has 1 rings (SSSR count). The van der Waals surface area contributed by atoms with E-state index in [-0.39, 0.29) is 5.91 Å². The Morgan fingerprint density at radius 2 is 2.31 bits per heavy atom. The number of aromatic nitrogens is 1. The molecule has 5 heteroatoms. The highest BCUT2D eigenvalue weighted by atomic mass is 16.2. The van der Waals surface area contributed by atoms with Crippen molar-refractivity contribution in [3.63, 3.8) is 0 Å². The van der Waals surface area contributed by atoms with Crippen LogP contribution in [-0.4, -0.2) is 29.4 Å². The number of nitrogens with zero attached hydrogens (tertiary/aromatic N) is 2. The van der Waals surface area contributed by atoms with E-state index in [0.29, 0.717) is 5.69 Å². The summed E-state index contributed by atoms with van der Waals surface area (Å²) in [6, 6.07) is 5.36.